The van der Waals surface area contributed by atoms with E-state index in [1.54, 1.807) is 0 Å². The number of furan rings is 1. The van der Waals surface area contributed by atoms with Gasteiger partial charge < -0.3 is 9.32 Å². The van der Waals surface area contributed by atoms with Crippen LogP contribution < -0.4 is 4.90 Å². The molecular weight excluding hydrogens is 811 g/mol. The lowest BCUT2D eigenvalue weighted by atomic mass is 9.67. The molecule has 2 nitrogen and oxygen atoms in total. The monoisotopic (exact) mass is 853 g/mol. The summed E-state index contributed by atoms with van der Waals surface area (Å²) in [5.41, 5.74) is 19.0. The molecule has 11 aromatic carbocycles. The smallest absolute Gasteiger partial charge is 0.159 e. The molecule has 0 unspecified atom stereocenters. The number of rotatable bonds is 8. The molecule has 0 saturated carbocycles. The summed E-state index contributed by atoms with van der Waals surface area (Å²) in [6.07, 6.45) is 0. The molecule has 0 radical (unpaired) electrons. The molecule has 0 fully saturated rings. The third-order valence-corrected chi connectivity index (χ3v) is 14.0. The van der Waals surface area contributed by atoms with Crippen LogP contribution in [0.4, 0.5) is 17.1 Å². The molecule has 0 atom stereocenters. The van der Waals surface area contributed by atoms with Gasteiger partial charge in [0, 0.05) is 22.0 Å². The molecule has 0 saturated heterocycles. The van der Waals surface area contributed by atoms with E-state index < -0.39 is 5.41 Å². The number of hydrogen-bond donors (Lipinski definition) is 0. The first-order valence-corrected chi connectivity index (χ1v) is 23.1. The van der Waals surface area contributed by atoms with E-state index in [9.17, 15) is 0 Å². The van der Waals surface area contributed by atoms with Crippen molar-refractivity contribution in [3.05, 3.63) is 283 Å². The Kier molecular flexibility index (Phi) is 9.11. The van der Waals surface area contributed by atoms with E-state index in [4.69, 9.17) is 4.42 Å². The van der Waals surface area contributed by atoms with Crippen LogP contribution in [-0.4, -0.2) is 0 Å². The third-order valence-electron chi connectivity index (χ3n) is 14.0. The van der Waals surface area contributed by atoms with Crippen molar-refractivity contribution in [2.75, 3.05) is 4.90 Å². The van der Waals surface area contributed by atoms with Gasteiger partial charge in [-0.1, -0.05) is 218 Å². The van der Waals surface area contributed by atoms with Crippen LogP contribution in [0.5, 0.6) is 0 Å². The van der Waals surface area contributed by atoms with Crippen LogP contribution >= 0.6 is 0 Å². The maximum atomic E-state index is 6.78. The van der Waals surface area contributed by atoms with Crippen molar-refractivity contribution < 1.29 is 4.42 Å². The van der Waals surface area contributed by atoms with E-state index in [2.05, 4.69) is 260 Å². The van der Waals surface area contributed by atoms with Gasteiger partial charge in [-0.15, -0.1) is 0 Å². The molecule has 0 aliphatic heterocycles. The summed E-state index contributed by atoms with van der Waals surface area (Å²) in [6.45, 7) is 0. The van der Waals surface area contributed by atoms with Crippen LogP contribution in [0.1, 0.15) is 22.3 Å². The van der Waals surface area contributed by atoms with Crippen molar-refractivity contribution in [1.29, 1.82) is 0 Å². The van der Waals surface area contributed by atoms with Crippen molar-refractivity contribution in [1.82, 2.24) is 0 Å². The second-order valence-electron chi connectivity index (χ2n) is 17.5. The summed E-state index contributed by atoms with van der Waals surface area (Å²) in [5, 5.41) is 4.67. The average Bonchev–Trinajstić information content (AvgIpc) is 3.94. The number of para-hydroxylation sites is 3. The maximum absolute atomic E-state index is 6.78. The zero-order valence-electron chi connectivity index (χ0n) is 36.7. The van der Waals surface area contributed by atoms with Crippen molar-refractivity contribution in [3.63, 3.8) is 0 Å². The van der Waals surface area contributed by atoms with Gasteiger partial charge in [0.1, 0.15) is 5.58 Å². The molecule has 2 heteroatoms. The molecule has 12 aromatic rings. The van der Waals surface area contributed by atoms with Gasteiger partial charge >= 0.3 is 0 Å². The fourth-order valence-corrected chi connectivity index (χ4v) is 11.0. The largest absolute Gasteiger partial charge is 0.454 e. The summed E-state index contributed by atoms with van der Waals surface area (Å²) in [7, 11) is 0. The summed E-state index contributed by atoms with van der Waals surface area (Å²) in [6, 6.07) is 94.9. The number of benzene rings is 11. The SMILES string of the molecule is c1ccc(C2(c3ccccc3)c3ccccc3-c3ccc(-c4ccc(N(c5ccccc5-c5cccc(-c6cccc7ccccc67)c5)c5cccc6c5oc5ccccc56)cc4)cc32)cc1. The lowest BCUT2D eigenvalue weighted by Gasteiger charge is -2.34. The molecule has 13 rings (SSSR count). The third kappa shape index (κ3) is 6.18. The molecule has 1 aliphatic rings. The Labute approximate surface area is 390 Å². The molecule has 67 heavy (non-hydrogen) atoms. The Morgan fingerprint density at radius 3 is 1.67 bits per heavy atom. The minimum atomic E-state index is -0.471. The Bertz CT molecular complexity index is 3760. The molecule has 0 bridgehead atoms. The summed E-state index contributed by atoms with van der Waals surface area (Å²) in [4.78, 5) is 2.38. The standard InChI is InChI=1S/C65H43NO/c1-3-22-49(23-4-1)65(50-24-5-2-6-25-50)59-32-12-9-28-55(59)56-41-38-46(43-60(56)65)44-36-39-51(40-37-44)66(62-34-17-31-58-57-29-11-14-35-63(57)67-64(58)62)61-33-13-10-27-54(61)48-21-15-20-47(42-48)53-30-16-19-45-18-7-8-26-52(45)53/h1-43H. The first-order chi connectivity index (χ1) is 33.2. The molecule has 0 N–H and O–H groups in total. The van der Waals surface area contributed by atoms with Crippen LogP contribution in [0, 0.1) is 0 Å². The second kappa shape index (κ2) is 15.8. The Morgan fingerprint density at radius 1 is 0.313 bits per heavy atom. The van der Waals surface area contributed by atoms with Crippen molar-refractivity contribution in [3.8, 4) is 44.5 Å². The Balaban J connectivity index is 0.973. The van der Waals surface area contributed by atoms with Crippen molar-refractivity contribution in [2.24, 2.45) is 0 Å². The number of nitrogens with zero attached hydrogens (tertiary/aromatic N) is 1. The molecule has 1 aliphatic carbocycles. The van der Waals surface area contributed by atoms with Gasteiger partial charge in [-0.25, -0.2) is 0 Å². The maximum Gasteiger partial charge on any atom is 0.159 e. The van der Waals surface area contributed by atoms with Crippen LogP contribution in [0.2, 0.25) is 0 Å². The van der Waals surface area contributed by atoms with Gasteiger partial charge in [0.15, 0.2) is 5.58 Å². The topological polar surface area (TPSA) is 16.4 Å². The molecular formula is C65H43NO. The van der Waals surface area contributed by atoms with Crippen LogP contribution in [0.25, 0.3) is 77.2 Å². The van der Waals surface area contributed by atoms with E-state index in [1.807, 2.05) is 6.07 Å². The van der Waals surface area contributed by atoms with Gasteiger partial charge in [0.25, 0.3) is 0 Å². The van der Waals surface area contributed by atoms with Crippen LogP contribution in [-0.2, 0) is 5.41 Å². The minimum absolute atomic E-state index is 0.471. The van der Waals surface area contributed by atoms with Gasteiger partial charge in [-0.2, -0.15) is 0 Å². The number of hydrogen-bond acceptors (Lipinski definition) is 2. The van der Waals surface area contributed by atoms with Crippen LogP contribution in [0.3, 0.4) is 0 Å². The Hall–Kier alpha value is -8.72. The summed E-state index contributed by atoms with van der Waals surface area (Å²) < 4.78 is 6.78. The highest BCUT2D eigenvalue weighted by molar-refractivity contribution is 6.11. The first-order valence-electron chi connectivity index (χ1n) is 23.1. The molecule has 314 valence electrons. The Morgan fingerprint density at radius 2 is 0.866 bits per heavy atom. The normalized spacial score (nSPS) is 12.6. The zero-order chi connectivity index (χ0) is 44.3. The highest BCUT2D eigenvalue weighted by Gasteiger charge is 2.46. The van der Waals surface area contributed by atoms with Gasteiger partial charge in [0.05, 0.1) is 16.8 Å². The minimum Gasteiger partial charge on any atom is -0.454 e. The molecule has 1 heterocycles. The predicted molar refractivity (Wildman–Crippen MR) is 280 cm³/mol. The fraction of sp³-hybridized carbons (Fsp3) is 0.0154. The van der Waals surface area contributed by atoms with Crippen molar-refractivity contribution >= 4 is 49.8 Å². The van der Waals surface area contributed by atoms with E-state index >= 15 is 0 Å². The average molecular weight is 854 g/mol. The van der Waals surface area contributed by atoms with Gasteiger partial charge in [0.2, 0.25) is 0 Å². The highest BCUT2D eigenvalue weighted by atomic mass is 16.3. The zero-order valence-corrected chi connectivity index (χ0v) is 36.7. The lowest BCUT2D eigenvalue weighted by molar-refractivity contribution is 0.669. The number of anilines is 3. The van der Waals surface area contributed by atoms with Crippen LogP contribution in [0.15, 0.2) is 265 Å². The second-order valence-corrected chi connectivity index (χ2v) is 17.5. The lowest BCUT2D eigenvalue weighted by Crippen LogP contribution is -2.28. The quantitative estimate of drug-likeness (QED) is 0.151. The van der Waals surface area contributed by atoms with Gasteiger partial charge in [-0.3, -0.25) is 0 Å². The van der Waals surface area contributed by atoms with E-state index in [1.165, 1.54) is 60.8 Å². The first kappa shape index (κ1) is 38.7. The fourth-order valence-electron chi connectivity index (χ4n) is 11.0. The van der Waals surface area contributed by atoms with Crippen molar-refractivity contribution in [2.45, 2.75) is 5.41 Å². The molecule has 0 amide bonds. The number of fused-ring (bicyclic) bond motifs is 7. The highest BCUT2D eigenvalue weighted by Crippen LogP contribution is 2.57. The van der Waals surface area contributed by atoms with E-state index in [-0.39, 0.29) is 0 Å². The summed E-state index contributed by atoms with van der Waals surface area (Å²) >= 11 is 0. The molecule has 1 aromatic heterocycles. The molecule has 0 spiro atoms. The summed E-state index contributed by atoms with van der Waals surface area (Å²) in [5.74, 6) is 0. The van der Waals surface area contributed by atoms with E-state index in [0.717, 1.165) is 55.7 Å². The van der Waals surface area contributed by atoms with Gasteiger partial charge in [-0.05, 0) is 114 Å². The van der Waals surface area contributed by atoms with E-state index in [0.29, 0.717) is 0 Å². The predicted octanol–water partition coefficient (Wildman–Crippen LogP) is 17.6.